The molecule has 0 aliphatic heterocycles. The molecule has 0 saturated carbocycles. The van der Waals surface area contributed by atoms with Gasteiger partial charge in [-0.05, 0) is 18.2 Å². The number of rotatable bonds is 6. The van der Waals surface area contributed by atoms with E-state index >= 15 is 0 Å². The molecule has 1 rings (SSSR count). The summed E-state index contributed by atoms with van der Waals surface area (Å²) < 4.78 is 25.8. The maximum atomic E-state index is 12.0. The molecule has 1 aromatic rings. The van der Waals surface area contributed by atoms with E-state index in [0.717, 1.165) is 12.1 Å². The highest BCUT2D eigenvalue weighted by Gasteiger charge is 2.28. The van der Waals surface area contributed by atoms with Crippen LogP contribution in [0.4, 0.5) is 0 Å². The second-order valence-corrected chi connectivity index (χ2v) is 5.96. The van der Waals surface area contributed by atoms with E-state index in [1.807, 2.05) is 0 Å². The number of carboxylic acid groups (broad SMARTS) is 2. The Morgan fingerprint density at radius 2 is 2.00 bits per heavy atom. The number of hydrogen-bond acceptors (Lipinski definition) is 5. The lowest BCUT2D eigenvalue weighted by Crippen LogP contribution is -2.42. The molecule has 8 nitrogen and oxygen atoms in total. The van der Waals surface area contributed by atoms with Gasteiger partial charge in [0.1, 0.15) is 10.9 Å². The highest BCUT2D eigenvalue weighted by Crippen LogP contribution is 2.22. The zero-order chi connectivity index (χ0) is 16.2. The van der Waals surface area contributed by atoms with Crippen LogP contribution in [0.5, 0.6) is 0 Å². The zero-order valence-electron chi connectivity index (χ0n) is 10.3. The Hall–Kier alpha value is -2.15. The highest BCUT2D eigenvalue weighted by atomic mass is 35.5. The summed E-state index contributed by atoms with van der Waals surface area (Å²) in [5, 5.41) is 25.8. The van der Waals surface area contributed by atoms with Crippen LogP contribution in [0.1, 0.15) is 12.0 Å². The molecule has 0 aromatic heterocycles. The number of aliphatic carboxylic acids is 2. The Balaban J connectivity index is 3.13. The van der Waals surface area contributed by atoms with Crippen molar-refractivity contribution in [3.8, 4) is 6.07 Å². The summed E-state index contributed by atoms with van der Waals surface area (Å²) in [7, 11) is -4.34. The minimum Gasteiger partial charge on any atom is -0.481 e. The molecule has 3 N–H and O–H groups in total. The van der Waals surface area contributed by atoms with Crippen LogP contribution in [0.15, 0.2) is 23.1 Å². The lowest BCUT2D eigenvalue weighted by Gasteiger charge is -2.13. The minimum absolute atomic E-state index is 0.124. The first-order valence-electron chi connectivity index (χ1n) is 5.34. The van der Waals surface area contributed by atoms with E-state index in [1.54, 1.807) is 10.8 Å². The van der Waals surface area contributed by atoms with E-state index in [2.05, 4.69) is 0 Å². The second kappa shape index (κ2) is 6.53. The summed E-state index contributed by atoms with van der Waals surface area (Å²) in [6.07, 6.45) is -0.928. The van der Waals surface area contributed by atoms with Crippen molar-refractivity contribution in [1.82, 2.24) is 4.72 Å². The molecule has 0 unspecified atom stereocenters. The van der Waals surface area contributed by atoms with Crippen molar-refractivity contribution < 1.29 is 28.2 Å². The van der Waals surface area contributed by atoms with Crippen molar-refractivity contribution in [1.29, 1.82) is 5.26 Å². The summed E-state index contributed by atoms with van der Waals surface area (Å²) >= 11 is 5.73. The number of nitriles is 1. The van der Waals surface area contributed by atoms with E-state index in [4.69, 9.17) is 27.1 Å². The van der Waals surface area contributed by atoms with Crippen molar-refractivity contribution in [3.63, 3.8) is 0 Å². The predicted octanol–water partition coefficient (Wildman–Crippen LogP) is 0.418. The minimum atomic E-state index is -4.34. The Bertz CT molecular complexity index is 725. The van der Waals surface area contributed by atoms with Crippen LogP contribution >= 0.6 is 11.6 Å². The lowest BCUT2D eigenvalue weighted by molar-refractivity contribution is -0.145. The maximum Gasteiger partial charge on any atom is 0.322 e. The number of carbonyl (C=O) groups is 2. The molecule has 1 atom stereocenters. The maximum absolute atomic E-state index is 12.0. The number of hydrogen-bond donors (Lipinski definition) is 3. The van der Waals surface area contributed by atoms with Gasteiger partial charge in [0.25, 0.3) is 0 Å². The molecule has 0 bridgehead atoms. The van der Waals surface area contributed by atoms with Crippen LogP contribution in [0.3, 0.4) is 0 Å². The fraction of sp³-hybridized carbons (Fsp3) is 0.182. The number of sulfonamides is 1. The SMILES string of the molecule is N#Cc1ccc(S(=O)(=O)N[C@H](CC(=O)O)C(=O)O)c(Cl)c1. The molecular weight excluding hydrogens is 324 g/mol. The van der Waals surface area contributed by atoms with Crippen molar-refractivity contribution >= 4 is 33.6 Å². The molecule has 0 amide bonds. The Labute approximate surface area is 124 Å². The number of carboxylic acids is 2. The third-order valence-corrected chi connectivity index (χ3v) is 4.28. The smallest absolute Gasteiger partial charge is 0.322 e. The molecule has 10 heteroatoms. The summed E-state index contributed by atoms with van der Waals surface area (Å²) in [4.78, 5) is 20.9. The number of nitrogens with zero attached hydrogens (tertiary/aromatic N) is 1. The van der Waals surface area contributed by atoms with Crippen molar-refractivity contribution in [3.05, 3.63) is 28.8 Å². The second-order valence-electron chi connectivity index (χ2n) is 3.87. The van der Waals surface area contributed by atoms with Crippen LogP contribution in [-0.2, 0) is 19.6 Å². The van der Waals surface area contributed by atoms with E-state index in [0.29, 0.717) is 0 Å². The summed E-state index contributed by atoms with van der Waals surface area (Å²) in [5.41, 5.74) is 0.124. The molecule has 0 radical (unpaired) electrons. The first-order valence-corrected chi connectivity index (χ1v) is 7.20. The molecule has 0 fully saturated rings. The van der Waals surface area contributed by atoms with Crippen molar-refractivity contribution in [2.24, 2.45) is 0 Å². The summed E-state index contributed by atoms with van der Waals surface area (Å²) in [6.45, 7) is 0. The van der Waals surface area contributed by atoms with Gasteiger partial charge in [-0.15, -0.1) is 0 Å². The highest BCUT2D eigenvalue weighted by molar-refractivity contribution is 7.89. The molecule has 0 spiro atoms. The first-order chi connectivity index (χ1) is 9.67. The Morgan fingerprint density at radius 1 is 1.38 bits per heavy atom. The number of halogens is 1. The van der Waals surface area contributed by atoms with Gasteiger partial charge in [-0.3, -0.25) is 9.59 Å². The fourth-order valence-electron chi connectivity index (χ4n) is 1.39. The van der Waals surface area contributed by atoms with E-state index < -0.39 is 39.3 Å². The van der Waals surface area contributed by atoms with Gasteiger partial charge in [0, 0.05) is 0 Å². The summed E-state index contributed by atoms with van der Waals surface area (Å²) in [6, 6.07) is 3.24. The summed E-state index contributed by atoms with van der Waals surface area (Å²) in [5.74, 6) is -3.11. The third-order valence-electron chi connectivity index (χ3n) is 2.32. The van der Waals surface area contributed by atoms with Crippen LogP contribution in [-0.4, -0.2) is 36.6 Å². The van der Waals surface area contributed by atoms with Gasteiger partial charge in [-0.2, -0.15) is 9.98 Å². The van der Waals surface area contributed by atoms with Gasteiger partial charge in [-0.1, -0.05) is 11.6 Å². The molecule has 0 heterocycles. The number of benzene rings is 1. The zero-order valence-corrected chi connectivity index (χ0v) is 11.8. The van der Waals surface area contributed by atoms with Gasteiger partial charge in [-0.25, -0.2) is 8.42 Å². The van der Waals surface area contributed by atoms with Gasteiger partial charge in [0.15, 0.2) is 0 Å². The van der Waals surface area contributed by atoms with Gasteiger partial charge in [0.05, 0.1) is 23.1 Å². The first kappa shape index (κ1) is 16.9. The standard InChI is InChI=1S/C11H9ClN2O6S/c12-7-3-6(5-13)1-2-9(7)21(19,20)14-8(11(17)18)4-10(15)16/h1-3,8,14H,4H2,(H,15,16)(H,17,18)/t8-/m1/s1. The topological polar surface area (TPSA) is 145 Å². The van der Waals surface area contributed by atoms with E-state index in [-0.39, 0.29) is 10.6 Å². The molecule has 0 aliphatic rings. The molecule has 112 valence electrons. The Morgan fingerprint density at radius 3 is 2.43 bits per heavy atom. The average Bonchev–Trinajstić information content (AvgIpc) is 2.36. The van der Waals surface area contributed by atoms with Crippen LogP contribution in [0.2, 0.25) is 5.02 Å². The van der Waals surface area contributed by atoms with Crippen molar-refractivity contribution in [2.75, 3.05) is 0 Å². The largest absolute Gasteiger partial charge is 0.481 e. The quantitative estimate of drug-likeness (QED) is 0.684. The van der Waals surface area contributed by atoms with Crippen molar-refractivity contribution in [2.45, 2.75) is 17.4 Å². The van der Waals surface area contributed by atoms with E-state index in [9.17, 15) is 18.0 Å². The fourth-order valence-corrected chi connectivity index (χ4v) is 3.13. The molecule has 1 aromatic carbocycles. The third kappa shape index (κ3) is 4.42. The molecule has 21 heavy (non-hydrogen) atoms. The lowest BCUT2D eigenvalue weighted by atomic mass is 10.2. The Kier molecular flexibility index (Phi) is 5.26. The van der Waals surface area contributed by atoms with Gasteiger partial charge >= 0.3 is 11.9 Å². The monoisotopic (exact) mass is 332 g/mol. The van der Waals surface area contributed by atoms with Crippen LogP contribution in [0, 0.1) is 11.3 Å². The molecule has 0 saturated heterocycles. The van der Waals surface area contributed by atoms with E-state index in [1.165, 1.54) is 6.07 Å². The van der Waals surface area contributed by atoms with Gasteiger partial charge in [0.2, 0.25) is 10.0 Å². The molecule has 0 aliphatic carbocycles. The predicted molar refractivity (Wildman–Crippen MR) is 70.2 cm³/mol. The number of nitrogens with one attached hydrogen (secondary N) is 1. The molecular formula is C11H9ClN2O6S. The van der Waals surface area contributed by atoms with Crippen LogP contribution in [0.25, 0.3) is 0 Å². The van der Waals surface area contributed by atoms with Crippen LogP contribution < -0.4 is 4.72 Å². The normalized spacial score (nSPS) is 12.4. The van der Waals surface area contributed by atoms with Gasteiger partial charge < -0.3 is 10.2 Å². The average molecular weight is 333 g/mol.